The van der Waals surface area contributed by atoms with E-state index in [1.807, 2.05) is 0 Å². The maximum absolute atomic E-state index is 12.6. The quantitative estimate of drug-likeness (QED) is 0.803. The van der Waals surface area contributed by atoms with Crippen molar-refractivity contribution < 1.29 is 13.2 Å². The minimum Gasteiger partial charge on any atom is -0.384 e. The fraction of sp³-hybridized carbons (Fsp3) is 0.692. The minimum atomic E-state index is -4.59. The van der Waals surface area contributed by atoms with Crippen LogP contribution in [0.5, 0.6) is 0 Å². The third-order valence-corrected chi connectivity index (χ3v) is 3.11. The highest BCUT2D eigenvalue weighted by atomic mass is 19.4. The highest BCUT2D eigenvalue weighted by Crippen LogP contribution is 2.27. The second-order valence-electron chi connectivity index (χ2n) is 4.80. The van der Waals surface area contributed by atoms with E-state index in [-0.39, 0.29) is 11.6 Å². The lowest BCUT2D eigenvalue weighted by Gasteiger charge is -2.16. The predicted octanol–water partition coefficient (Wildman–Crippen LogP) is 3.71. The number of nitrogens with zero attached hydrogens (tertiary/aromatic N) is 2. The Morgan fingerprint density at radius 1 is 1.30 bits per heavy atom. The van der Waals surface area contributed by atoms with Crippen LogP contribution in [0.1, 0.15) is 45.4 Å². The molecule has 0 spiro atoms. The normalized spacial score (nSPS) is 13.2. The summed E-state index contributed by atoms with van der Waals surface area (Å²) in [6.45, 7) is 4.77. The predicted molar refractivity (Wildman–Crippen MR) is 73.2 cm³/mol. The van der Waals surface area contributed by atoms with Crippen LogP contribution in [0.3, 0.4) is 0 Å². The Bertz CT molecular complexity index is 421. The van der Waals surface area contributed by atoms with E-state index in [1.54, 1.807) is 0 Å². The molecule has 0 bridgehead atoms. The van der Waals surface area contributed by atoms with Gasteiger partial charge in [0.05, 0.1) is 0 Å². The van der Waals surface area contributed by atoms with Gasteiger partial charge in [0.1, 0.15) is 11.6 Å². The van der Waals surface area contributed by atoms with Gasteiger partial charge in [-0.3, -0.25) is 0 Å². The van der Waals surface area contributed by atoms with Gasteiger partial charge in [0.2, 0.25) is 5.82 Å². The van der Waals surface area contributed by atoms with Gasteiger partial charge in [-0.15, -0.1) is 0 Å². The van der Waals surface area contributed by atoms with Crippen molar-refractivity contribution in [1.82, 2.24) is 9.97 Å². The number of rotatable bonds is 7. The van der Waals surface area contributed by atoms with Crippen LogP contribution in [-0.4, -0.2) is 16.5 Å². The SMILES string of the molecule is CCCCC(CC)CNc1cc(N)nc(C(F)(F)F)n1. The molecule has 0 amide bonds. The first kappa shape index (κ1) is 16.5. The van der Waals surface area contributed by atoms with Crippen molar-refractivity contribution in [3.8, 4) is 0 Å². The molecule has 0 saturated heterocycles. The Labute approximate surface area is 117 Å². The second-order valence-corrected chi connectivity index (χ2v) is 4.80. The number of halogens is 3. The summed E-state index contributed by atoms with van der Waals surface area (Å²) >= 11 is 0. The van der Waals surface area contributed by atoms with Crippen molar-refractivity contribution in [2.45, 2.75) is 45.7 Å². The van der Waals surface area contributed by atoms with Crippen molar-refractivity contribution >= 4 is 11.6 Å². The van der Waals surface area contributed by atoms with Gasteiger partial charge >= 0.3 is 6.18 Å². The second kappa shape index (κ2) is 7.31. The zero-order valence-electron chi connectivity index (χ0n) is 11.8. The summed E-state index contributed by atoms with van der Waals surface area (Å²) in [5.74, 6) is -0.849. The average molecular weight is 290 g/mol. The number of nitrogen functional groups attached to an aromatic ring is 1. The van der Waals surface area contributed by atoms with E-state index in [0.29, 0.717) is 12.5 Å². The van der Waals surface area contributed by atoms with Crippen LogP contribution >= 0.6 is 0 Å². The van der Waals surface area contributed by atoms with Crippen LogP contribution < -0.4 is 11.1 Å². The standard InChI is InChI=1S/C13H21F3N4/c1-3-5-6-9(4-2)8-18-11-7-10(17)19-12(20-11)13(14,15)16/h7,9H,3-6,8H2,1-2H3,(H3,17,18,19,20). The van der Waals surface area contributed by atoms with E-state index < -0.39 is 12.0 Å². The first-order valence-corrected chi connectivity index (χ1v) is 6.82. The lowest BCUT2D eigenvalue weighted by molar-refractivity contribution is -0.144. The number of anilines is 2. The van der Waals surface area contributed by atoms with E-state index in [1.165, 1.54) is 6.07 Å². The fourth-order valence-corrected chi connectivity index (χ4v) is 1.88. The Hall–Kier alpha value is -1.53. The van der Waals surface area contributed by atoms with Crippen molar-refractivity contribution in [3.63, 3.8) is 0 Å². The smallest absolute Gasteiger partial charge is 0.384 e. The van der Waals surface area contributed by atoms with Gasteiger partial charge < -0.3 is 11.1 Å². The van der Waals surface area contributed by atoms with Crippen LogP contribution in [0.2, 0.25) is 0 Å². The number of hydrogen-bond donors (Lipinski definition) is 2. The molecular formula is C13H21F3N4. The van der Waals surface area contributed by atoms with Gasteiger partial charge in [-0.2, -0.15) is 13.2 Å². The lowest BCUT2D eigenvalue weighted by Crippen LogP contribution is -2.18. The molecular weight excluding hydrogens is 269 g/mol. The van der Waals surface area contributed by atoms with Crippen LogP contribution in [0, 0.1) is 5.92 Å². The van der Waals surface area contributed by atoms with Crippen molar-refractivity contribution in [1.29, 1.82) is 0 Å². The van der Waals surface area contributed by atoms with Crippen LogP contribution in [0.25, 0.3) is 0 Å². The van der Waals surface area contributed by atoms with Crippen molar-refractivity contribution in [2.24, 2.45) is 5.92 Å². The topological polar surface area (TPSA) is 63.8 Å². The fourth-order valence-electron chi connectivity index (χ4n) is 1.88. The molecule has 1 atom stereocenters. The molecule has 114 valence electrons. The van der Waals surface area contributed by atoms with Gasteiger partial charge in [0.15, 0.2) is 0 Å². The van der Waals surface area contributed by atoms with E-state index in [4.69, 9.17) is 5.73 Å². The van der Waals surface area contributed by atoms with Gasteiger partial charge in [0, 0.05) is 12.6 Å². The number of nitrogens with two attached hydrogens (primary N) is 1. The Morgan fingerprint density at radius 3 is 2.55 bits per heavy atom. The molecule has 3 N–H and O–H groups in total. The molecule has 1 aromatic heterocycles. The Kier molecular flexibility index (Phi) is 6.04. The molecule has 1 heterocycles. The van der Waals surface area contributed by atoms with Crippen molar-refractivity contribution in [2.75, 3.05) is 17.6 Å². The van der Waals surface area contributed by atoms with E-state index >= 15 is 0 Å². The summed E-state index contributed by atoms with van der Waals surface area (Å²) in [6, 6.07) is 1.32. The molecule has 0 aliphatic heterocycles. The molecule has 20 heavy (non-hydrogen) atoms. The maximum Gasteiger partial charge on any atom is 0.451 e. The largest absolute Gasteiger partial charge is 0.451 e. The third kappa shape index (κ3) is 5.22. The summed E-state index contributed by atoms with van der Waals surface area (Å²) in [7, 11) is 0. The van der Waals surface area contributed by atoms with Crippen molar-refractivity contribution in [3.05, 3.63) is 11.9 Å². The first-order chi connectivity index (χ1) is 9.36. The third-order valence-electron chi connectivity index (χ3n) is 3.11. The first-order valence-electron chi connectivity index (χ1n) is 6.82. The van der Waals surface area contributed by atoms with Gasteiger partial charge in [-0.05, 0) is 12.3 Å². The minimum absolute atomic E-state index is 0.125. The monoisotopic (exact) mass is 290 g/mol. The van der Waals surface area contributed by atoms with E-state index in [9.17, 15) is 13.2 Å². The van der Waals surface area contributed by atoms with Crippen LogP contribution in [0.4, 0.5) is 24.8 Å². The highest BCUT2D eigenvalue weighted by Gasteiger charge is 2.35. The Balaban J connectivity index is 2.70. The zero-order chi connectivity index (χ0) is 15.2. The average Bonchev–Trinajstić information content (AvgIpc) is 2.37. The Morgan fingerprint density at radius 2 is 2.00 bits per heavy atom. The van der Waals surface area contributed by atoms with Gasteiger partial charge in [-0.1, -0.05) is 33.1 Å². The number of alkyl halides is 3. The maximum atomic E-state index is 12.6. The van der Waals surface area contributed by atoms with Gasteiger partial charge in [-0.25, -0.2) is 9.97 Å². The van der Waals surface area contributed by atoms with Gasteiger partial charge in [0.25, 0.3) is 0 Å². The number of hydrogen-bond acceptors (Lipinski definition) is 4. The summed E-state index contributed by atoms with van der Waals surface area (Å²) in [5.41, 5.74) is 5.38. The van der Waals surface area contributed by atoms with Crippen LogP contribution in [-0.2, 0) is 6.18 Å². The summed E-state index contributed by atoms with van der Waals surface area (Å²) in [6.07, 6.45) is -0.348. The number of nitrogens with one attached hydrogen (secondary N) is 1. The molecule has 7 heteroatoms. The zero-order valence-corrected chi connectivity index (χ0v) is 11.8. The van der Waals surface area contributed by atoms with E-state index in [2.05, 4.69) is 29.1 Å². The molecule has 0 saturated carbocycles. The molecule has 4 nitrogen and oxygen atoms in total. The molecule has 0 radical (unpaired) electrons. The number of aromatic nitrogens is 2. The molecule has 0 aliphatic rings. The summed E-state index contributed by atoms with van der Waals surface area (Å²) < 4.78 is 37.7. The highest BCUT2D eigenvalue weighted by molar-refractivity contribution is 5.44. The summed E-state index contributed by atoms with van der Waals surface area (Å²) in [4.78, 5) is 6.67. The van der Waals surface area contributed by atoms with E-state index in [0.717, 1.165) is 25.7 Å². The molecule has 0 aliphatic carbocycles. The molecule has 1 aromatic rings. The molecule has 0 aromatic carbocycles. The molecule has 0 fully saturated rings. The van der Waals surface area contributed by atoms with Crippen LogP contribution in [0.15, 0.2) is 6.07 Å². The summed E-state index contributed by atoms with van der Waals surface area (Å²) in [5, 5.41) is 2.93. The lowest BCUT2D eigenvalue weighted by atomic mass is 9.99. The molecule has 1 unspecified atom stereocenters. The number of unbranched alkanes of at least 4 members (excludes halogenated alkanes) is 1. The molecule has 1 rings (SSSR count).